The van der Waals surface area contributed by atoms with Crippen LogP contribution in [0.4, 0.5) is 0 Å². The molecule has 0 bridgehead atoms. The summed E-state index contributed by atoms with van der Waals surface area (Å²) in [7, 11) is -1.70. The number of hydrogen-bond acceptors (Lipinski definition) is 5. The number of piperazine rings is 1. The Morgan fingerprint density at radius 1 is 1.17 bits per heavy atom. The van der Waals surface area contributed by atoms with E-state index in [1.165, 1.54) is 9.87 Å². The lowest BCUT2D eigenvalue weighted by Gasteiger charge is -2.33. The molecule has 24 heavy (non-hydrogen) atoms. The van der Waals surface area contributed by atoms with Crippen molar-refractivity contribution >= 4 is 10.0 Å². The van der Waals surface area contributed by atoms with E-state index in [1.54, 1.807) is 30.9 Å². The molecule has 0 N–H and O–H groups in total. The van der Waals surface area contributed by atoms with Gasteiger partial charge in [-0.05, 0) is 25.5 Å². The van der Waals surface area contributed by atoms with E-state index in [1.807, 2.05) is 13.0 Å². The Labute approximate surface area is 143 Å². The number of aromatic nitrogens is 3. The minimum atomic E-state index is -3.51. The molecule has 2 aromatic rings. The third-order valence-corrected chi connectivity index (χ3v) is 6.30. The number of rotatable bonds is 4. The first kappa shape index (κ1) is 17.1. The fourth-order valence-corrected chi connectivity index (χ4v) is 4.28. The third-order valence-electron chi connectivity index (χ3n) is 4.53. The molecule has 0 unspecified atom stereocenters. The Balaban J connectivity index is 1.65. The Morgan fingerprint density at radius 3 is 2.46 bits per heavy atom. The fraction of sp³-hybridized carbons (Fsp3) is 0.500. The van der Waals surface area contributed by atoms with Crippen LogP contribution in [0, 0.1) is 13.8 Å². The van der Waals surface area contributed by atoms with Crippen LogP contribution in [-0.4, -0.2) is 58.3 Å². The van der Waals surface area contributed by atoms with E-state index in [0.717, 1.165) is 12.2 Å². The van der Waals surface area contributed by atoms with Crippen molar-refractivity contribution in [1.82, 2.24) is 23.7 Å². The van der Waals surface area contributed by atoms with Crippen LogP contribution in [0.15, 0.2) is 29.6 Å². The molecule has 130 valence electrons. The lowest BCUT2D eigenvalue weighted by atomic mass is 10.2. The lowest BCUT2D eigenvalue weighted by molar-refractivity contribution is 0.181. The van der Waals surface area contributed by atoms with Gasteiger partial charge in [0.2, 0.25) is 0 Å². The van der Waals surface area contributed by atoms with Crippen molar-refractivity contribution in [3.05, 3.63) is 41.6 Å². The van der Waals surface area contributed by atoms with E-state index in [4.69, 9.17) is 0 Å². The van der Waals surface area contributed by atoms with Gasteiger partial charge in [0.25, 0.3) is 10.0 Å². The molecular formula is C16H23N5O2S. The monoisotopic (exact) mass is 349 g/mol. The summed E-state index contributed by atoms with van der Waals surface area (Å²) in [6.07, 6.45) is 3.37. The van der Waals surface area contributed by atoms with Gasteiger partial charge in [0.05, 0.1) is 0 Å². The van der Waals surface area contributed by atoms with Gasteiger partial charge >= 0.3 is 0 Å². The van der Waals surface area contributed by atoms with Gasteiger partial charge in [-0.25, -0.2) is 13.4 Å². The van der Waals surface area contributed by atoms with Crippen LogP contribution in [0.1, 0.15) is 17.1 Å². The van der Waals surface area contributed by atoms with Gasteiger partial charge < -0.3 is 4.57 Å². The lowest BCUT2D eigenvalue weighted by Crippen LogP contribution is -2.48. The van der Waals surface area contributed by atoms with Crippen molar-refractivity contribution < 1.29 is 8.42 Å². The Morgan fingerprint density at radius 2 is 1.88 bits per heavy atom. The normalized spacial score (nSPS) is 17.3. The summed E-state index contributed by atoms with van der Waals surface area (Å²) in [4.78, 5) is 10.7. The van der Waals surface area contributed by atoms with Gasteiger partial charge in [0.15, 0.2) is 5.03 Å². The van der Waals surface area contributed by atoms with Gasteiger partial charge in [0.1, 0.15) is 5.82 Å². The van der Waals surface area contributed by atoms with Gasteiger partial charge in [-0.3, -0.25) is 9.88 Å². The van der Waals surface area contributed by atoms with Crippen LogP contribution in [-0.2, 0) is 23.6 Å². The number of aryl methyl sites for hydroxylation is 3. The van der Waals surface area contributed by atoms with E-state index in [0.29, 0.717) is 32.0 Å². The molecule has 0 aliphatic carbocycles. The van der Waals surface area contributed by atoms with Crippen LogP contribution < -0.4 is 0 Å². The van der Waals surface area contributed by atoms with Gasteiger partial charge in [-0.2, -0.15) is 4.31 Å². The molecule has 0 spiro atoms. The molecule has 1 aliphatic heterocycles. The molecule has 0 radical (unpaired) electrons. The third kappa shape index (κ3) is 3.35. The minimum Gasteiger partial charge on any atom is -0.337 e. The topological polar surface area (TPSA) is 71.3 Å². The molecule has 0 amide bonds. The number of imidazole rings is 1. The van der Waals surface area contributed by atoms with E-state index in [-0.39, 0.29) is 5.03 Å². The SMILES string of the molecule is Cc1ncccc1CN1CCN(S(=O)(=O)c2cn(C)c(C)n2)CC1. The highest BCUT2D eigenvalue weighted by Gasteiger charge is 2.30. The number of sulfonamides is 1. The summed E-state index contributed by atoms with van der Waals surface area (Å²) in [5, 5.41) is 0.138. The molecule has 1 fully saturated rings. The van der Waals surface area contributed by atoms with Crippen molar-refractivity contribution in [2.75, 3.05) is 26.2 Å². The predicted octanol–water partition coefficient (Wildman–Crippen LogP) is 0.938. The maximum absolute atomic E-state index is 12.7. The van der Waals surface area contributed by atoms with Gasteiger partial charge in [-0.1, -0.05) is 6.07 Å². The van der Waals surface area contributed by atoms with Crippen LogP contribution in [0.3, 0.4) is 0 Å². The van der Waals surface area contributed by atoms with Crippen molar-refractivity contribution in [2.24, 2.45) is 7.05 Å². The van der Waals surface area contributed by atoms with E-state index >= 15 is 0 Å². The Kier molecular flexibility index (Phi) is 4.71. The van der Waals surface area contributed by atoms with Crippen molar-refractivity contribution in [3.63, 3.8) is 0 Å². The Hall–Kier alpha value is -1.77. The zero-order valence-electron chi connectivity index (χ0n) is 14.3. The highest BCUT2D eigenvalue weighted by atomic mass is 32.2. The smallest absolute Gasteiger partial charge is 0.262 e. The summed E-state index contributed by atoms with van der Waals surface area (Å²) < 4.78 is 28.6. The molecule has 1 aliphatic rings. The molecule has 3 rings (SSSR count). The molecule has 0 atom stereocenters. The molecular weight excluding hydrogens is 326 g/mol. The van der Waals surface area contributed by atoms with Crippen LogP contribution in [0.25, 0.3) is 0 Å². The second kappa shape index (κ2) is 6.62. The molecule has 7 nitrogen and oxygen atoms in total. The zero-order valence-corrected chi connectivity index (χ0v) is 15.1. The van der Waals surface area contributed by atoms with E-state index < -0.39 is 10.0 Å². The molecule has 0 saturated carbocycles. The number of pyridine rings is 1. The number of hydrogen-bond donors (Lipinski definition) is 0. The maximum Gasteiger partial charge on any atom is 0.262 e. The summed E-state index contributed by atoms with van der Waals surface area (Å²) in [6.45, 7) is 6.98. The largest absolute Gasteiger partial charge is 0.337 e. The second-order valence-corrected chi connectivity index (χ2v) is 8.05. The average molecular weight is 349 g/mol. The van der Waals surface area contributed by atoms with Gasteiger partial charge in [0, 0.05) is 57.9 Å². The number of nitrogens with zero attached hydrogens (tertiary/aromatic N) is 5. The first-order valence-corrected chi connectivity index (χ1v) is 9.45. The minimum absolute atomic E-state index is 0.138. The van der Waals surface area contributed by atoms with Crippen LogP contribution in [0.2, 0.25) is 0 Å². The average Bonchev–Trinajstić information content (AvgIpc) is 2.90. The molecule has 8 heteroatoms. The summed E-state index contributed by atoms with van der Waals surface area (Å²) in [6, 6.07) is 4.01. The molecule has 1 saturated heterocycles. The standard InChI is InChI=1S/C16H23N5O2S/c1-13-15(5-4-6-17-13)11-20-7-9-21(10-8-20)24(22,23)16-12-19(3)14(2)18-16/h4-6,12H,7-11H2,1-3H3. The molecule has 2 aromatic heterocycles. The van der Waals surface area contributed by atoms with Crippen LogP contribution in [0.5, 0.6) is 0 Å². The fourth-order valence-electron chi connectivity index (χ4n) is 2.84. The van der Waals surface area contributed by atoms with Gasteiger partial charge in [-0.15, -0.1) is 0 Å². The van der Waals surface area contributed by atoms with Crippen molar-refractivity contribution in [1.29, 1.82) is 0 Å². The second-order valence-electron chi connectivity index (χ2n) is 6.17. The highest BCUT2D eigenvalue weighted by molar-refractivity contribution is 7.89. The van der Waals surface area contributed by atoms with Crippen LogP contribution >= 0.6 is 0 Å². The zero-order chi connectivity index (χ0) is 17.3. The Bertz CT molecular complexity index is 803. The first-order chi connectivity index (χ1) is 11.4. The highest BCUT2D eigenvalue weighted by Crippen LogP contribution is 2.18. The quantitative estimate of drug-likeness (QED) is 0.821. The van der Waals surface area contributed by atoms with E-state index in [2.05, 4.69) is 20.9 Å². The van der Waals surface area contributed by atoms with Crippen molar-refractivity contribution in [2.45, 2.75) is 25.4 Å². The summed E-state index contributed by atoms with van der Waals surface area (Å²) in [5.74, 6) is 0.694. The van der Waals surface area contributed by atoms with Crippen molar-refractivity contribution in [3.8, 4) is 0 Å². The summed E-state index contributed by atoms with van der Waals surface area (Å²) in [5.41, 5.74) is 2.21. The molecule has 3 heterocycles. The maximum atomic E-state index is 12.7. The molecule has 0 aromatic carbocycles. The first-order valence-electron chi connectivity index (χ1n) is 8.01. The predicted molar refractivity (Wildman–Crippen MR) is 91.0 cm³/mol. The summed E-state index contributed by atoms with van der Waals surface area (Å²) >= 11 is 0. The van der Waals surface area contributed by atoms with E-state index in [9.17, 15) is 8.42 Å².